The van der Waals surface area contributed by atoms with Crippen molar-refractivity contribution in [2.45, 2.75) is 44.7 Å². The van der Waals surface area contributed by atoms with Gasteiger partial charge in [-0.3, -0.25) is 4.79 Å². The maximum absolute atomic E-state index is 14.3. The number of hydrogen-bond acceptors (Lipinski definition) is 7. The van der Waals surface area contributed by atoms with Gasteiger partial charge in [0, 0.05) is 31.1 Å². The molecule has 0 unspecified atom stereocenters. The number of benzene rings is 5. The molecule has 13 heteroatoms. The van der Waals surface area contributed by atoms with Crippen molar-refractivity contribution in [3.63, 3.8) is 0 Å². The first-order chi connectivity index (χ1) is 26.4. The van der Waals surface area contributed by atoms with Crippen LogP contribution >= 0.6 is 0 Å². The van der Waals surface area contributed by atoms with Gasteiger partial charge < -0.3 is 35.0 Å². The number of aliphatic hydroxyl groups is 2. The van der Waals surface area contributed by atoms with Crippen LogP contribution in [0.25, 0.3) is 11.1 Å². The molecule has 1 aliphatic heterocycles. The molecule has 1 fully saturated rings. The fraction of sp³-hybridized carbons (Fsp3) is 0.262. The van der Waals surface area contributed by atoms with Crippen molar-refractivity contribution >= 4 is 5.91 Å². The molecule has 6 rings (SSSR count). The predicted molar refractivity (Wildman–Crippen MR) is 193 cm³/mol. The van der Waals surface area contributed by atoms with E-state index in [1.807, 2.05) is 67.4 Å². The van der Waals surface area contributed by atoms with Gasteiger partial charge in [-0.2, -0.15) is 0 Å². The highest BCUT2D eigenvalue weighted by atomic mass is 19.2. The number of nitrogens with zero attached hydrogens (tertiary/aromatic N) is 1. The fourth-order valence-corrected chi connectivity index (χ4v) is 6.69. The zero-order chi connectivity index (χ0) is 39.4. The number of ether oxygens (including phenoxy) is 2. The number of phenols is 1. The molecular formula is C42H39F5N2O6. The van der Waals surface area contributed by atoms with Gasteiger partial charge in [-0.05, 0) is 52.6 Å². The van der Waals surface area contributed by atoms with E-state index in [1.54, 1.807) is 36.4 Å². The van der Waals surface area contributed by atoms with E-state index in [0.29, 0.717) is 34.4 Å². The number of nitrogens with one attached hydrogen (secondary N) is 1. The highest BCUT2D eigenvalue weighted by molar-refractivity contribution is 5.95. The van der Waals surface area contributed by atoms with Gasteiger partial charge in [0.05, 0.1) is 24.9 Å². The lowest BCUT2D eigenvalue weighted by Crippen LogP contribution is -2.44. The Balaban J connectivity index is 1.21. The molecule has 0 aromatic heterocycles. The van der Waals surface area contributed by atoms with Crippen LogP contribution in [0.3, 0.4) is 0 Å². The SMILES string of the molecule is C[C@@H]1[C@H](CN(C)C[C@@H](O)c2cccc(O)c2)O[C@H](c2ccc(-c3ccccc3CNC(=O)c3c(F)c(F)c(F)c(F)c3F)cc2)O[C@@H]1c1ccc(CO)cc1. The highest BCUT2D eigenvalue weighted by Gasteiger charge is 2.39. The number of hydrogen-bond donors (Lipinski definition) is 4. The maximum atomic E-state index is 14.3. The first kappa shape index (κ1) is 39.5. The van der Waals surface area contributed by atoms with Crippen LogP contribution in [0, 0.1) is 35.0 Å². The van der Waals surface area contributed by atoms with Gasteiger partial charge in [-0.1, -0.05) is 91.9 Å². The molecule has 4 N–H and O–H groups in total. The summed E-state index contributed by atoms with van der Waals surface area (Å²) in [4.78, 5) is 14.6. The second-order valence-corrected chi connectivity index (χ2v) is 13.6. The van der Waals surface area contributed by atoms with E-state index in [9.17, 15) is 42.1 Å². The average molecular weight is 763 g/mol. The van der Waals surface area contributed by atoms with Gasteiger partial charge in [-0.15, -0.1) is 0 Å². The van der Waals surface area contributed by atoms with E-state index in [2.05, 4.69) is 5.32 Å². The van der Waals surface area contributed by atoms with Crippen LogP contribution in [0.4, 0.5) is 22.0 Å². The summed E-state index contributed by atoms with van der Waals surface area (Å²) < 4.78 is 82.7. The molecule has 1 amide bonds. The Morgan fingerprint density at radius 3 is 2.11 bits per heavy atom. The Labute approximate surface area is 314 Å². The molecule has 288 valence electrons. The van der Waals surface area contributed by atoms with E-state index in [-0.39, 0.29) is 37.5 Å². The van der Waals surface area contributed by atoms with Gasteiger partial charge in [0.25, 0.3) is 5.91 Å². The van der Waals surface area contributed by atoms with Crippen LogP contribution in [0.15, 0.2) is 97.1 Å². The minimum Gasteiger partial charge on any atom is -0.508 e. The number of likely N-dealkylation sites (N-methyl/N-ethyl adjacent to an activating group) is 1. The van der Waals surface area contributed by atoms with Gasteiger partial charge >= 0.3 is 0 Å². The largest absolute Gasteiger partial charge is 0.508 e. The monoisotopic (exact) mass is 762 g/mol. The van der Waals surface area contributed by atoms with Crippen molar-refractivity contribution in [2.75, 3.05) is 20.1 Å². The van der Waals surface area contributed by atoms with Crippen LogP contribution in [0.1, 0.15) is 63.6 Å². The van der Waals surface area contributed by atoms with Crippen molar-refractivity contribution in [3.05, 3.63) is 160 Å². The molecule has 0 aliphatic carbocycles. The van der Waals surface area contributed by atoms with Crippen LogP contribution in [0.5, 0.6) is 5.75 Å². The minimum atomic E-state index is -2.35. The Hall–Kier alpha value is -5.18. The third kappa shape index (κ3) is 8.71. The molecule has 5 atom stereocenters. The van der Waals surface area contributed by atoms with Crippen molar-refractivity contribution in [2.24, 2.45) is 5.92 Å². The number of aliphatic hydroxyl groups excluding tert-OH is 2. The number of aromatic hydroxyl groups is 1. The van der Waals surface area contributed by atoms with Crippen LogP contribution in [-0.2, 0) is 22.6 Å². The number of rotatable bonds is 12. The first-order valence-corrected chi connectivity index (χ1v) is 17.5. The van der Waals surface area contributed by atoms with Gasteiger partial charge in [0.15, 0.2) is 29.6 Å². The molecule has 55 heavy (non-hydrogen) atoms. The fourth-order valence-electron chi connectivity index (χ4n) is 6.69. The molecule has 1 saturated heterocycles. The van der Waals surface area contributed by atoms with E-state index in [4.69, 9.17) is 9.47 Å². The number of carbonyl (C=O) groups excluding carboxylic acids is 1. The van der Waals surface area contributed by atoms with Crippen molar-refractivity contribution in [1.29, 1.82) is 0 Å². The van der Waals surface area contributed by atoms with Crippen molar-refractivity contribution in [1.82, 2.24) is 10.2 Å². The second kappa shape index (κ2) is 17.1. The zero-order valence-electron chi connectivity index (χ0n) is 29.9. The Morgan fingerprint density at radius 1 is 0.818 bits per heavy atom. The van der Waals surface area contributed by atoms with E-state index in [1.165, 1.54) is 12.1 Å². The van der Waals surface area contributed by atoms with Crippen LogP contribution in [-0.4, -0.2) is 52.4 Å². The molecule has 0 spiro atoms. The first-order valence-electron chi connectivity index (χ1n) is 17.5. The summed E-state index contributed by atoms with van der Waals surface area (Å²) in [6.07, 6.45) is -2.42. The number of carbonyl (C=O) groups is 1. The smallest absolute Gasteiger partial charge is 0.257 e. The van der Waals surface area contributed by atoms with Crippen LogP contribution in [0.2, 0.25) is 0 Å². The van der Waals surface area contributed by atoms with Gasteiger partial charge in [-0.25, -0.2) is 22.0 Å². The quantitative estimate of drug-likeness (QED) is 0.0588. The zero-order valence-corrected chi connectivity index (χ0v) is 29.9. The molecule has 8 nitrogen and oxygen atoms in total. The normalized spacial score (nSPS) is 19.0. The molecule has 1 aliphatic rings. The Bertz CT molecular complexity index is 2110. The Morgan fingerprint density at radius 2 is 1.45 bits per heavy atom. The number of halogens is 5. The number of amides is 1. The molecular weight excluding hydrogens is 723 g/mol. The third-order valence-corrected chi connectivity index (χ3v) is 9.74. The van der Waals surface area contributed by atoms with Crippen LogP contribution < -0.4 is 5.32 Å². The summed E-state index contributed by atoms with van der Waals surface area (Å²) >= 11 is 0. The lowest BCUT2D eigenvalue weighted by Gasteiger charge is -2.42. The average Bonchev–Trinajstić information content (AvgIpc) is 3.19. The van der Waals surface area contributed by atoms with Crippen molar-refractivity contribution in [3.8, 4) is 16.9 Å². The van der Waals surface area contributed by atoms with E-state index < -0.39 is 59.1 Å². The summed E-state index contributed by atoms with van der Waals surface area (Å²) in [6, 6.07) is 28.0. The standard InChI is InChI=1S/C42H39F5N2O6/c1-23-33(21-49(2)20-32(52)28-7-5-8-30(51)18-28)54-42(55-40(23)26-12-10-24(22-50)11-13-26)27-16-14-25(15-17-27)31-9-4-3-6-29(31)19-48-41(53)34-35(43)37(45)39(47)38(46)36(34)44/h3-18,23,32-33,40,42,50-52H,19-22H2,1-2H3,(H,48,53)/t23-,32-,33+,40+,42+/m1/s1. The summed E-state index contributed by atoms with van der Waals surface area (Å²) in [5.41, 5.74) is 3.19. The lowest BCUT2D eigenvalue weighted by atomic mass is 9.90. The maximum Gasteiger partial charge on any atom is 0.257 e. The van der Waals surface area contributed by atoms with Crippen molar-refractivity contribution < 1.29 is 51.5 Å². The molecule has 0 bridgehead atoms. The molecule has 0 radical (unpaired) electrons. The molecule has 5 aromatic carbocycles. The van der Waals surface area contributed by atoms with Gasteiger partial charge in [0.2, 0.25) is 5.82 Å². The summed E-state index contributed by atoms with van der Waals surface area (Å²) in [5.74, 6) is -12.8. The summed E-state index contributed by atoms with van der Waals surface area (Å²) in [6.45, 7) is 2.35. The topological polar surface area (TPSA) is 111 Å². The predicted octanol–water partition coefficient (Wildman–Crippen LogP) is 7.63. The molecule has 0 saturated carbocycles. The van der Waals surface area contributed by atoms with E-state index in [0.717, 1.165) is 11.1 Å². The van der Waals surface area contributed by atoms with E-state index >= 15 is 0 Å². The summed E-state index contributed by atoms with van der Waals surface area (Å²) in [7, 11) is 1.87. The summed E-state index contributed by atoms with van der Waals surface area (Å²) in [5, 5.41) is 32.6. The molecule has 1 heterocycles. The number of phenolic OH excluding ortho intramolecular Hbond substituents is 1. The third-order valence-electron chi connectivity index (χ3n) is 9.74. The second-order valence-electron chi connectivity index (χ2n) is 13.6. The highest BCUT2D eigenvalue weighted by Crippen LogP contribution is 2.42. The van der Waals surface area contributed by atoms with Gasteiger partial charge in [0.1, 0.15) is 11.3 Å². The lowest BCUT2D eigenvalue weighted by molar-refractivity contribution is -0.276. The molecule has 5 aromatic rings. The minimum absolute atomic E-state index is 0.0608. The Kier molecular flexibility index (Phi) is 12.3.